The molecule has 1 saturated heterocycles. The quantitative estimate of drug-likeness (QED) is 0.533. The summed E-state index contributed by atoms with van der Waals surface area (Å²) in [5.41, 5.74) is 2.11. The third kappa shape index (κ3) is 4.80. The molecular weight excluding hydrogens is 394 g/mol. The maximum Gasteiger partial charge on any atom is 0.348 e. The minimum absolute atomic E-state index is 0.374. The van der Waals surface area contributed by atoms with Gasteiger partial charge >= 0.3 is 12.0 Å². The van der Waals surface area contributed by atoms with Gasteiger partial charge in [-0.2, -0.15) is 5.01 Å². The molecule has 9 heteroatoms. The fourth-order valence-electron chi connectivity index (χ4n) is 2.90. The maximum absolute atomic E-state index is 12.7. The molecule has 1 aliphatic rings. The Morgan fingerprint density at radius 1 is 1.17 bits per heavy atom. The number of esters is 1. The zero-order chi connectivity index (χ0) is 21.0. The number of imide groups is 1. The van der Waals surface area contributed by atoms with E-state index in [0.29, 0.717) is 22.7 Å². The normalized spacial score (nSPS) is 18.5. The van der Waals surface area contributed by atoms with Crippen molar-refractivity contribution in [2.75, 3.05) is 6.61 Å². The number of hydrogen-bond acceptors (Lipinski definition) is 6. The number of nitrogens with one attached hydrogen (secondary N) is 2. The van der Waals surface area contributed by atoms with Crippen molar-refractivity contribution in [3.05, 3.63) is 57.8 Å². The van der Waals surface area contributed by atoms with Gasteiger partial charge in [-0.25, -0.2) is 9.59 Å². The van der Waals surface area contributed by atoms with Crippen molar-refractivity contribution in [2.45, 2.75) is 32.2 Å². The number of carbonyl (C=O) groups is 4. The number of aryl methyl sites for hydroxylation is 2. The van der Waals surface area contributed by atoms with E-state index in [0.717, 1.165) is 10.4 Å². The van der Waals surface area contributed by atoms with Gasteiger partial charge in [-0.15, -0.1) is 11.3 Å². The first-order valence-corrected chi connectivity index (χ1v) is 9.84. The standard InChI is InChI=1S/C20H21N3O5S/c1-13-8-9-15(29-13)17(25)28-12-16(24)22-23-18(26)20(2,21-19(23)27)11-10-14-6-4-3-5-7-14/h3-9H,10-12H2,1-2H3,(H,21,27)(H,22,24)/t20-/m1/s1. The van der Waals surface area contributed by atoms with E-state index in [9.17, 15) is 19.2 Å². The zero-order valence-electron chi connectivity index (χ0n) is 16.1. The molecule has 29 heavy (non-hydrogen) atoms. The van der Waals surface area contributed by atoms with Crippen molar-refractivity contribution in [2.24, 2.45) is 0 Å². The van der Waals surface area contributed by atoms with Gasteiger partial charge in [0, 0.05) is 4.88 Å². The minimum atomic E-state index is -1.13. The lowest BCUT2D eigenvalue weighted by Gasteiger charge is -2.21. The number of carbonyl (C=O) groups excluding carboxylic acids is 4. The van der Waals surface area contributed by atoms with E-state index in [2.05, 4.69) is 10.7 Å². The van der Waals surface area contributed by atoms with Crippen LogP contribution in [0, 0.1) is 6.92 Å². The Morgan fingerprint density at radius 2 is 1.90 bits per heavy atom. The van der Waals surface area contributed by atoms with Crippen molar-refractivity contribution in [3.8, 4) is 0 Å². The van der Waals surface area contributed by atoms with Gasteiger partial charge in [0.15, 0.2) is 6.61 Å². The fourth-order valence-corrected chi connectivity index (χ4v) is 3.66. The first-order chi connectivity index (χ1) is 13.8. The van der Waals surface area contributed by atoms with E-state index in [1.807, 2.05) is 37.3 Å². The van der Waals surface area contributed by atoms with E-state index in [-0.39, 0.29) is 0 Å². The van der Waals surface area contributed by atoms with E-state index >= 15 is 0 Å². The van der Waals surface area contributed by atoms with Gasteiger partial charge in [-0.1, -0.05) is 30.3 Å². The second-order valence-corrected chi connectivity index (χ2v) is 8.20. The van der Waals surface area contributed by atoms with Crippen LogP contribution in [0.3, 0.4) is 0 Å². The summed E-state index contributed by atoms with van der Waals surface area (Å²) in [5, 5.41) is 3.25. The van der Waals surface area contributed by atoms with E-state index in [4.69, 9.17) is 4.74 Å². The Morgan fingerprint density at radius 3 is 2.55 bits per heavy atom. The van der Waals surface area contributed by atoms with Crippen LogP contribution in [-0.2, 0) is 20.7 Å². The number of thiophene rings is 1. The van der Waals surface area contributed by atoms with Crippen LogP contribution in [-0.4, -0.2) is 41.0 Å². The number of ether oxygens (including phenoxy) is 1. The predicted molar refractivity (Wildman–Crippen MR) is 106 cm³/mol. The third-order valence-electron chi connectivity index (χ3n) is 4.53. The molecule has 1 fully saturated rings. The first kappa shape index (κ1) is 20.5. The van der Waals surface area contributed by atoms with Crippen molar-refractivity contribution in [1.82, 2.24) is 15.8 Å². The highest BCUT2D eigenvalue weighted by atomic mass is 32.1. The van der Waals surface area contributed by atoms with Crippen molar-refractivity contribution in [3.63, 3.8) is 0 Å². The molecule has 4 amide bonds. The number of rotatable bonds is 7. The van der Waals surface area contributed by atoms with Crippen LogP contribution >= 0.6 is 11.3 Å². The molecule has 8 nitrogen and oxygen atoms in total. The van der Waals surface area contributed by atoms with Crippen LogP contribution < -0.4 is 10.7 Å². The summed E-state index contributed by atoms with van der Waals surface area (Å²) < 4.78 is 4.93. The summed E-state index contributed by atoms with van der Waals surface area (Å²) >= 11 is 1.25. The Bertz CT molecular complexity index is 943. The number of urea groups is 1. The lowest BCUT2D eigenvalue weighted by molar-refractivity contribution is -0.140. The molecule has 2 aromatic rings. The Hall–Kier alpha value is -3.20. The molecule has 0 bridgehead atoms. The minimum Gasteiger partial charge on any atom is -0.451 e. The molecule has 0 spiro atoms. The van der Waals surface area contributed by atoms with Crippen LogP contribution in [0.1, 0.15) is 33.5 Å². The van der Waals surface area contributed by atoms with Gasteiger partial charge in [0.05, 0.1) is 0 Å². The number of hydrazine groups is 1. The molecule has 1 atom stereocenters. The van der Waals surface area contributed by atoms with Crippen LogP contribution in [0.5, 0.6) is 0 Å². The monoisotopic (exact) mass is 415 g/mol. The van der Waals surface area contributed by atoms with Crippen LogP contribution in [0.25, 0.3) is 0 Å². The summed E-state index contributed by atoms with van der Waals surface area (Å²) in [7, 11) is 0. The summed E-state index contributed by atoms with van der Waals surface area (Å²) in [6.07, 6.45) is 0.962. The number of amides is 4. The van der Waals surface area contributed by atoms with Gasteiger partial charge in [-0.05, 0) is 44.4 Å². The topological polar surface area (TPSA) is 105 Å². The molecule has 0 saturated carbocycles. The highest BCUT2D eigenvalue weighted by Crippen LogP contribution is 2.22. The molecule has 2 N–H and O–H groups in total. The van der Waals surface area contributed by atoms with E-state index in [1.54, 1.807) is 19.1 Å². The molecule has 0 radical (unpaired) electrons. The second-order valence-electron chi connectivity index (χ2n) is 6.91. The Balaban J connectivity index is 1.53. The Labute approximate surface area is 171 Å². The Kier molecular flexibility index (Phi) is 5.97. The predicted octanol–water partition coefficient (Wildman–Crippen LogP) is 2.19. The highest BCUT2D eigenvalue weighted by molar-refractivity contribution is 7.13. The summed E-state index contributed by atoms with van der Waals surface area (Å²) in [6, 6.07) is 12.2. The summed E-state index contributed by atoms with van der Waals surface area (Å²) in [5.74, 6) is -1.97. The molecule has 2 heterocycles. The van der Waals surface area contributed by atoms with E-state index in [1.165, 1.54) is 11.3 Å². The fraction of sp³-hybridized carbons (Fsp3) is 0.300. The smallest absolute Gasteiger partial charge is 0.348 e. The van der Waals surface area contributed by atoms with Crippen molar-refractivity contribution >= 4 is 35.2 Å². The SMILES string of the molecule is Cc1ccc(C(=O)OCC(=O)NN2C(=O)N[C@](C)(CCc3ccccc3)C2=O)s1. The molecule has 0 unspecified atom stereocenters. The molecule has 3 rings (SSSR count). The lowest BCUT2D eigenvalue weighted by atomic mass is 9.93. The number of hydrogen-bond donors (Lipinski definition) is 2. The maximum atomic E-state index is 12.7. The average Bonchev–Trinajstić information content (AvgIpc) is 3.23. The van der Waals surface area contributed by atoms with Gasteiger partial charge in [0.25, 0.3) is 11.8 Å². The molecule has 1 aliphatic heterocycles. The van der Waals surface area contributed by atoms with Gasteiger partial charge in [0.1, 0.15) is 10.4 Å². The largest absolute Gasteiger partial charge is 0.451 e. The summed E-state index contributed by atoms with van der Waals surface area (Å²) in [4.78, 5) is 50.1. The zero-order valence-corrected chi connectivity index (χ0v) is 16.9. The summed E-state index contributed by atoms with van der Waals surface area (Å²) in [6.45, 7) is 2.86. The van der Waals surface area contributed by atoms with Crippen LogP contribution in [0.15, 0.2) is 42.5 Å². The first-order valence-electron chi connectivity index (χ1n) is 9.02. The number of benzene rings is 1. The van der Waals surface area contributed by atoms with Crippen LogP contribution in [0.4, 0.5) is 4.79 Å². The average molecular weight is 415 g/mol. The van der Waals surface area contributed by atoms with Crippen molar-refractivity contribution in [1.29, 1.82) is 0 Å². The molecular formula is C20H21N3O5S. The van der Waals surface area contributed by atoms with E-state index < -0.39 is 36.0 Å². The third-order valence-corrected chi connectivity index (χ3v) is 5.51. The number of nitrogens with zero attached hydrogens (tertiary/aromatic N) is 1. The molecule has 0 aliphatic carbocycles. The van der Waals surface area contributed by atoms with Gasteiger partial charge < -0.3 is 10.1 Å². The van der Waals surface area contributed by atoms with Crippen LogP contribution in [0.2, 0.25) is 0 Å². The molecule has 1 aromatic heterocycles. The second kappa shape index (κ2) is 8.44. The van der Waals surface area contributed by atoms with Gasteiger partial charge in [-0.3, -0.25) is 15.0 Å². The van der Waals surface area contributed by atoms with Gasteiger partial charge in [0.2, 0.25) is 0 Å². The lowest BCUT2D eigenvalue weighted by Crippen LogP contribution is -2.50. The van der Waals surface area contributed by atoms with Crippen molar-refractivity contribution < 1.29 is 23.9 Å². The highest BCUT2D eigenvalue weighted by Gasteiger charge is 2.48. The molecule has 152 valence electrons. The molecule has 1 aromatic carbocycles.